The van der Waals surface area contributed by atoms with Crippen molar-refractivity contribution in [3.05, 3.63) is 59.7 Å². The van der Waals surface area contributed by atoms with Crippen LogP contribution in [0.4, 0.5) is 11.4 Å². The van der Waals surface area contributed by atoms with Gasteiger partial charge in [0.05, 0.1) is 0 Å². The summed E-state index contributed by atoms with van der Waals surface area (Å²) >= 11 is 0. The van der Waals surface area contributed by atoms with Gasteiger partial charge in [0, 0.05) is 30.9 Å². The van der Waals surface area contributed by atoms with Crippen LogP contribution in [0.15, 0.2) is 48.5 Å². The molecule has 2 aromatic carbocycles. The maximum atomic E-state index is 9.95. The van der Waals surface area contributed by atoms with Gasteiger partial charge < -0.3 is 10.0 Å². The largest absolute Gasteiger partial charge is 0.396 e. The van der Waals surface area contributed by atoms with Crippen molar-refractivity contribution >= 4 is 11.4 Å². The molecule has 0 saturated carbocycles. The predicted octanol–water partition coefficient (Wildman–Crippen LogP) is 4.16. The zero-order valence-corrected chi connectivity index (χ0v) is 13.0. The Morgan fingerprint density at radius 3 is 1.86 bits per heavy atom. The third-order valence-corrected chi connectivity index (χ3v) is 4.76. The van der Waals surface area contributed by atoms with Gasteiger partial charge in [-0.05, 0) is 35.1 Å². The molecule has 0 unspecified atom stereocenters. The van der Waals surface area contributed by atoms with Crippen LogP contribution in [0.3, 0.4) is 0 Å². The van der Waals surface area contributed by atoms with Gasteiger partial charge in [0.2, 0.25) is 0 Å². The minimum absolute atomic E-state index is 0.217. The second-order valence-electron chi connectivity index (χ2n) is 6.24. The van der Waals surface area contributed by atoms with Crippen LogP contribution < -0.4 is 4.90 Å². The SMILES string of the molecule is CC(C)[C@@H](CO)C1c2ccccc2N(C)c2ccccc21. The molecular formula is C19H23NO. The van der Waals surface area contributed by atoms with Crippen molar-refractivity contribution in [2.75, 3.05) is 18.6 Å². The number of hydrogen-bond acceptors (Lipinski definition) is 2. The minimum atomic E-state index is 0.217. The summed E-state index contributed by atoms with van der Waals surface area (Å²) in [5.41, 5.74) is 5.15. The lowest BCUT2D eigenvalue weighted by Gasteiger charge is -2.39. The van der Waals surface area contributed by atoms with Crippen LogP contribution in [0.2, 0.25) is 0 Å². The number of hydrogen-bond donors (Lipinski definition) is 1. The molecule has 1 aliphatic heterocycles. The molecule has 1 heterocycles. The first-order valence-corrected chi connectivity index (χ1v) is 7.67. The number of fused-ring (bicyclic) bond motifs is 2. The van der Waals surface area contributed by atoms with Crippen molar-refractivity contribution in [1.82, 2.24) is 0 Å². The summed E-state index contributed by atoms with van der Waals surface area (Å²) in [7, 11) is 2.12. The second kappa shape index (κ2) is 5.53. The average Bonchev–Trinajstić information content (AvgIpc) is 2.51. The molecule has 0 fully saturated rings. The van der Waals surface area contributed by atoms with Crippen molar-refractivity contribution in [2.24, 2.45) is 11.8 Å². The van der Waals surface area contributed by atoms with Crippen LogP contribution in [0.5, 0.6) is 0 Å². The Labute approximate surface area is 127 Å². The van der Waals surface area contributed by atoms with Crippen LogP contribution in [0.25, 0.3) is 0 Å². The first kappa shape index (κ1) is 14.2. The van der Waals surface area contributed by atoms with Crippen LogP contribution in [-0.2, 0) is 0 Å². The van der Waals surface area contributed by atoms with E-state index < -0.39 is 0 Å². The van der Waals surface area contributed by atoms with Crippen LogP contribution in [-0.4, -0.2) is 18.8 Å². The molecule has 0 radical (unpaired) electrons. The van der Waals surface area contributed by atoms with E-state index in [1.54, 1.807) is 0 Å². The van der Waals surface area contributed by atoms with Gasteiger partial charge in [-0.15, -0.1) is 0 Å². The quantitative estimate of drug-likeness (QED) is 0.913. The van der Waals surface area contributed by atoms with E-state index >= 15 is 0 Å². The fourth-order valence-corrected chi connectivity index (χ4v) is 3.57. The maximum Gasteiger partial charge on any atom is 0.0470 e. The number of rotatable bonds is 3. The zero-order valence-electron chi connectivity index (χ0n) is 13.0. The van der Waals surface area contributed by atoms with Gasteiger partial charge in [0.1, 0.15) is 0 Å². The standard InChI is InChI=1S/C19H23NO/c1-13(2)16(12-21)19-14-8-4-6-10-17(14)20(3)18-11-7-5-9-15(18)19/h4-11,13,16,19,21H,12H2,1-3H3/t16-/m1/s1. The lowest BCUT2D eigenvalue weighted by molar-refractivity contribution is 0.175. The van der Waals surface area contributed by atoms with Gasteiger partial charge in [-0.3, -0.25) is 0 Å². The summed E-state index contributed by atoms with van der Waals surface area (Å²) in [5, 5.41) is 9.95. The molecule has 1 aliphatic rings. The normalized spacial score (nSPS) is 15.8. The van der Waals surface area contributed by atoms with Crippen molar-refractivity contribution in [2.45, 2.75) is 19.8 Å². The molecule has 0 spiro atoms. The van der Waals surface area contributed by atoms with E-state index in [2.05, 4.69) is 74.3 Å². The van der Waals surface area contributed by atoms with Crippen LogP contribution in [0.1, 0.15) is 30.9 Å². The Hall–Kier alpha value is -1.80. The smallest absolute Gasteiger partial charge is 0.0470 e. The summed E-state index contributed by atoms with van der Waals surface area (Å²) in [6.07, 6.45) is 0. The lowest BCUT2D eigenvalue weighted by Crippen LogP contribution is -2.29. The zero-order chi connectivity index (χ0) is 15.0. The molecule has 2 heteroatoms. The molecule has 3 rings (SSSR count). The lowest BCUT2D eigenvalue weighted by atomic mass is 9.73. The Morgan fingerprint density at radius 1 is 0.952 bits per heavy atom. The van der Waals surface area contributed by atoms with Crippen LogP contribution >= 0.6 is 0 Å². The van der Waals surface area contributed by atoms with Gasteiger partial charge in [0.15, 0.2) is 0 Å². The fourth-order valence-electron chi connectivity index (χ4n) is 3.57. The topological polar surface area (TPSA) is 23.5 Å². The summed E-state index contributed by atoms with van der Waals surface area (Å²) in [5.74, 6) is 0.934. The molecule has 0 aromatic heterocycles. The Bertz CT molecular complexity index is 587. The molecule has 110 valence electrons. The number of anilines is 2. The fraction of sp³-hybridized carbons (Fsp3) is 0.368. The van der Waals surface area contributed by atoms with E-state index in [0.717, 1.165) is 0 Å². The van der Waals surface area contributed by atoms with E-state index in [1.165, 1.54) is 22.5 Å². The van der Waals surface area contributed by atoms with Gasteiger partial charge in [-0.1, -0.05) is 50.2 Å². The number of aliphatic hydroxyl groups is 1. The maximum absolute atomic E-state index is 9.95. The third kappa shape index (κ3) is 2.24. The Balaban J connectivity index is 2.22. The monoisotopic (exact) mass is 281 g/mol. The summed E-state index contributed by atoms with van der Waals surface area (Å²) < 4.78 is 0. The van der Waals surface area contributed by atoms with Gasteiger partial charge in [0.25, 0.3) is 0 Å². The number of aliphatic hydroxyl groups excluding tert-OH is 1. The summed E-state index contributed by atoms with van der Waals surface area (Å²) in [6.45, 7) is 4.61. The number of para-hydroxylation sites is 2. The van der Waals surface area contributed by atoms with E-state index in [4.69, 9.17) is 0 Å². The minimum Gasteiger partial charge on any atom is -0.396 e. The summed E-state index contributed by atoms with van der Waals surface area (Å²) in [4.78, 5) is 2.26. The molecule has 0 aliphatic carbocycles. The van der Waals surface area contributed by atoms with Gasteiger partial charge >= 0.3 is 0 Å². The number of benzene rings is 2. The molecule has 21 heavy (non-hydrogen) atoms. The van der Waals surface area contributed by atoms with E-state index in [0.29, 0.717) is 5.92 Å². The van der Waals surface area contributed by atoms with Gasteiger partial charge in [-0.2, -0.15) is 0 Å². The molecule has 2 aromatic rings. The molecular weight excluding hydrogens is 258 g/mol. The van der Waals surface area contributed by atoms with E-state index in [-0.39, 0.29) is 18.4 Å². The number of nitrogens with zero attached hydrogens (tertiary/aromatic N) is 1. The molecule has 0 amide bonds. The average molecular weight is 281 g/mol. The second-order valence-corrected chi connectivity index (χ2v) is 6.24. The van der Waals surface area contributed by atoms with Crippen molar-refractivity contribution < 1.29 is 5.11 Å². The molecule has 1 atom stereocenters. The predicted molar refractivity (Wildman–Crippen MR) is 88.2 cm³/mol. The van der Waals surface area contributed by atoms with Gasteiger partial charge in [-0.25, -0.2) is 0 Å². The van der Waals surface area contributed by atoms with Crippen molar-refractivity contribution in [3.8, 4) is 0 Å². The first-order valence-electron chi connectivity index (χ1n) is 7.67. The summed E-state index contributed by atoms with van der Waals surface area (Å²) in [6, 6.07) is 17.1. The van der Waals surface area contributed by atoms with Crippen molar-refractivity contribution in [1.29, 1.82) is 0 Å². The Kier molecular flexibility index (Phi) is 3.73. The van der Waals surface area contributed by atoms with Crippen molar-refractivity contribution in [3.63, 3.8) is 0 Å². The van der Waals surface area contributed by atoms with Crippen LogP contribution in [0, 0.1) is 11.8 Å². The van der Waals surface area contributed by atoms with E-state index in [9.17, 15) is 5.11 Å². The highest BCUT2D eigenvalue weighted by Crippen LogP contribution is 2.48. The molecule has 0 saturated heterocycles. The first-order chi connectivity index (χ1) is 10.1. The molecule has 1 N–H and O–H groups in total. The highest BCUT2D eigenvalue weighted by atomic mass is 16.3. The highest BCUT2D eigenvalue weighted by Gasteiger charge is 2.34. The molecule has 0 bridgehead atoms. The highest BCUT2D eigenvalue weighted by molar-refractivity contribution is 5.75. The molecule has 2 nitrogen and oxygen atoms in total. The Morgan fingerprint density at radius 2 is 1.43 bits per heavy atom. The van der Waals surface area contributed by atoms with E-state index in [1.807, 2.05) is 0 Å². The third-order valence-electron chi connectivity index (χ3n) is 4.76.